The summed E-state index contributed by atoms with van der Waals surface area (Å²) in [5.74, 6) is 1.41. The molecule has 1 saturated heterocycles. The molecule has 1 saturated carbocycles. The van der Waals surface area contributed by atoms with Crippen molar-refractivity contribution in [3.8, 4) is 5.75 Å². The zero-order chi connectivity index (χ0) is 22.2. The van der Waals surface area contributed by atoms with Gasteiger partial charge in [0.2, 0.25) is 0 Å². The van der Waals surface area contributed by atoms with E-state index in [0.717, 1.165) is 37.1 Å². The topological polar surface area (TPSA) is 62.7 Å². The molecule has 5 heteroatoms. The number of benzene rings is 1. The molecular weight excluding hydrogens is 388 g/mol. The third-order valence-corrected chi connectivity index (χ3v) is 7.03. The normalized spacial score (nSPS) is 21.5. The fraction of sp³-hybridized carbons (Fsp3) is 0.538. The maximum absolute atomic E-state index is 12.3. The monoisotopic (exact) mass is 422 g/mol. The standard InChI is InChI=1S/C26H34N2O3/c1-18(2)19-5-7-20(8-6-19)26(30,25(3)16-28(4)17-25)21-13-24(15-27-14-21)31-23-11-9-22(29)10-12-23/h5-8,13-15,18,23,30H,9-12,16-17H2,1-4H3/t26-/m0/s1. The Morgan fingerprint density at radius 3 is 2.35 bits per heavy atom. The van der Waals surface area contributed by atoms with E-state index in [9.17, 15) is 9.90 Å². The van der Waals surface area contributed by atoms with Crippen LogP contribution < -0.4 is 4.74 Å². The molecule has 1 aliphatic heterocycles. The second kappa shape index (κ2) is 8.36. The molecule has 4 rings (SSSR count). The molecule has 2 heterocycles. The second-order valence-electron chi connectivity index (χ2n) is 9.99. The molecule has 1 atom stereocenters. The van der Waals surface area contributed by atoms with Crippen LogP contribution >= 0.6 is 0 Å². The van der Waals surface area contributed by atoms with Gasteiger partial charge in [0.25, 0.3) is 0 Å². The number of hydrogen-bond acceptors (Lipinski definition) is 5. The summed E-state index contributed by atoms with van der Waals surface area (Å²) in [6.45, 7) is 8.08. The second-order valence-corrected chi connectivity index (χ2v) is 9.99. The summed E-state index contributed by atoms with van der Waals surface area (Å²) in [5.41, 5.74) is 1.38. The number of aromatic nitrogens is 1. The first kappa shape index (κ1) is 22.0. The Labute approximate surface area is 185 Å². The van der Waals surface area contributed by atoms with Crippen LogP contribution in [0.25, 0.3) is 0 Å². The van der Waals surface area contributed by atoms with Crippen LogP contribution in [0.15, 0.2) is 42.7 Å². The van der Waals surface area contributed by atoms with Gasteiger partial charge < -0.3 is 14.7 Å². The van der Waals surface area contributed by atoms with Crippen LogP contribution in [0, 0.1) is 5.41 Å². The first-order valence-electron chi connectivity index (χ1n) is 11.4. The van der Waals surface area contributed by atoms with E-state index in [1.54, 1.807) is 12.4 Å². The lowest BCUT2D eigenvalue weighted by atomic mass is 9.62. The zero-order valence-electron chi connectivity index (χ0n) is 19.1. The summed E-state index contributed by atoms with van der Waals surface area (Å²) in [6.07, 6.45) is 6.13. The molecular formula is C26H34N2O3. The quantitative estimate of drug-likeness (QED) is 0.753. The third-order valence-electron chi connectivity index (χ3n) is 7.03. The molecule has 1 aromatic heterocycles. The average Bonchev–Trinajstić information content (AvgIpc) is 2.74. The maximum atomic E-state index is 12.3. The van der Waals surface area contributed by atoms with E-state index < -0.39 is 5.60 Å². The van der Waals surface area contributed by atoms with Gasteiger partial charge >= 0.3 is 0 Å². The highest BCUT2D eigenvalue weighted by atomic mass is 16.5. The Balaban J connectivity index is 1.68. The van der Waals surface area contributed by atoms with Crippen LogP contribution in [0.2, 0.25) is 0 Å². The highest BCUT2D eigenvalue weighted by molar-refractivity contribution is 5.79. The van der Waals surface area contributed by atoms with Gasteiger partial charge in [-0.1, -0.05) is 45.0 Å². The summed E-state index contributed by atoms with van der Waals surface area (Å²) in [6, 6.07) is 10.3. The fourth-order valence-electron chi connectivity index (χ4n) is 5.25. The van der Waals surface area contributed by atoms with Gasteiger partial charge in [0.15, 0.2) is 0 Å². The number of hydrogen-bond donors (Lipinski definition) is 1. The molecule has 2 aliphatic rings. The van der Waals surface area contributed by atoms with Gasteiger partial charge in [-0.05, 0) is 43.0 Å². The number of Topliss-reactive ketones (excluding diaryl/α,β-unsaturated/α-hetero) is 1. The molecule has 1 N–H and O–H groups in total. The van der Waals surface area contributed by atoms with Crippen LogP contribution in [0.1, 0.15) is 69.1 Å². The van der Waals surface area contributed by atoms with E-state index in [2.05, 4.69) is 62.0 Å². The lowest BCUT2D eigenvalue weighted by Crippen LogP contribution is -2.63. The summed E-state index contributed by atoms with van der Waals surface area (Å²) in [7, 11) is 2.08. The van der Waals surface area contributed by atoms with Gasteiger partial charge in [0.1, 0.15) is 17.1 Å². The lowest BCUT2D eigenvalue weighted by molar-refractivity contribution is -0.127. The van der Waals surface area contributed by atoms with Crippen LogP contribution in [-0.2, 0) is 10.4 Å². The van der Waals surface area contributed by atoms with Crippen molar-refractivity contribution in [3.05, 3.63) is 59.4 Å². The molecule has 31 heavy (non-hydrogen) atoms. The fourth-order valence-corrected chi connectivity index (χ4v) is 5.25. The van der Waals surface area contributed by atoms with Gasteiger partial charge in [-0.3, -0.25) is 9.78 Å². The Kier molecular flexibility index (Phi) is 5.93. The number of carbonyl (C=O) groups excluding carboxylic acids is 1. The zero-order valence-corrected chi connectivity index (χ0v) is 19.1. The molecule has 166 valence electrons. The molecule has 1 aliphatic carbocycles. The van der Waals surface area contributed by atoms with Gasteiger partial charge in [-0.2, -0.15) is 0 Å². The van der Waals surface area contributed by atoms with E-state index in [-0.39, 0.29) is 11.5 Å². The van der Waals surface area contributed by atoms with Gasteiger partial charge in [0.05, 0.1) is 12.3 Å². The largest absolute Gasteiger partial charge is 0.489 e. The molecule has 0 bridgehead atoms. The number of ether oxygens (including phenoxy) is 1. The Bertz CT molecular complexity index is 924. The summed E-state index contributed by atoms with van der Waals surface area (Å²) in [4.78, 5) is 18.2. The number of rotatable bonds is 6. The number of ketones is 1. The van der Waals surface area contributed by atoms with E-state index in [1.807, 2.05) is 6.07 Å². The smallest absolute Gasteiger partial charge is 0.138 e. The van der Waals surface area contributed by atoms with Crippen LogP contribution in [0.5, 0.6) is 5.75 Å². The van der Waals surface area contributed by atoms with E-state index in [0.29, 0.717) is 30.3 Å². The Hall–Kier alpha value is -2.24. The van der Waals surface area contributed by atoms with Crippen molar-refractivity contribution in [2.45, 2.75) is 64.1 Å². The number of likely N-dealkylation sites (tertiary alicyclic amines) is 1. The number of pyridine rings is 1. The first-order chi connectivity index (χ1) is 14.7. The summed E-state index contributed by atoms with van der Waals surface area (Å²) < 4.78 is 6.18. The number of carbonyl (C=O) groups is 1. The minimum atomic E-state index is -1.18. The molecule has 2 aromatic rings. The van der Waals surface area contributed by atoms with Crippen molar-refractivity contribution in [2.24, 2.45) is 5.41 Å². The SMILES string of the molecule is CC(C)c1ccc([C@](O)(c2cncc(OC3CCC(=O)CC3)c2)C2(C)CN(C)C2)cc1. The molecule has 5 nitrogen and oxygen atoms in total. The molecule has 0 spiro atoms. The molecule has 1 aromatic carbocycles. The third kappa shape index (κ3) is 4.13. The van der Waals surface area contributed by atoms with Crippen molar-refractivity contribution in [1.82, 2.24) is 9.88 Å². The van der Waals surface area contributed by atoms with Crippen molar-refractivity contribution in [2.75, 3.05) is 20.1 Å². The Morgan fingerprint density at radius 2 is 1.77 bits per heavy atom. The number of aliphatic hydroxyl groups is 1. The van der Waals surface area contributed by atoms with Gasteiger partial charge in [-0.15, -0.1) is 0 Å². The minimum Gasteiger partial charge on any atom is -0.489 e. The minimum absolute atomic E-state index is 0.0265. The number of nitrogens with zero attached hydrogens (tertiary/aromatic N) is 2. The van der Waals surface area contributed by atoms with E-state index >= 15 is 0 Å². The lowest BCUT2D eigenvalue weighted by Gasteiger charge is -2.55. The van der Waals surface area contributed by atoms with Crippen LogP contribution in [0.3, 0.4) is 0 Å². The highest BCUT2D eigenvalue weighted by Crippen LogP contribution is 2.50. The van der Waals surface area contributed by atoms with Crippen molar-refractivity contribution < 1.29 is 14.6 Å². The highest BCUT2D eigenvalue weighted by Gasteiger charge is 2.55. The molecule has 0 radical (unpaired) electrons. The Morgan fingerprint density at radius 1 is 1.13 bits per heavy atom. The van der Waals surface area contributed by atoms with Crippen molar-refractivity contribution >= 4 is 5.78 Å². The van der Waals surface area contributed by atoms with E-state index in [1.165, 1.54) is 5.56 Å². The van der Waals surface area contributed by atoms with Crippen molar-refractivity contribution in [1.29, 1.82) is 0 Å². The molecule has 2 fully saturated rings. The summed E-state index contributed by atoms with van der Waals surface area (Å²) >= 11 is 0. The predicted octanol–water partition coefficient (Wildman–Crippen LogP) is 4.28. The van der Waals surface area contributed by atoms with Crippen molar-refractivity contribution in [3.63, 3.8) is 0 Å². The maximum Gasteiger partial charge on any atom is 0.138 e. The van der Waals surface area contributed by atoms with Gasteiger partial charge in [-0.25, -0.2) is 0 Å². The first-order valence-corrected chi connectivity index (χ1v) is 11.4. The molecule has 0 unspecified atom stereocenters. The molecule has 0 amide bonds. The van der Waals surface area contributed by atoms with Gasteiger partial charge in [0, 0.05) is 43.1 Å². The average molecular weight is 423 g/mol. The predicted molar refractivity (Wildman–Crippen MR) is 121 cm³/mol. The van der Waals surface area contributed by atoms with Crippen LogP contribution in [0.4, 0.5) is 0 Å². The van der Waals surface area contributed by atoms with E-state index in [4.69, 9.17) is 4.74 Å². The van der Waals surface area contributed by atoms with Crippen LogP contribution in [-0.4, -0.2) is 47.0 Å². The summed E-state index contributed by atoms with van der Waals surface area (Å²) in [5, 5.41) is 12.3.